The highest BCUT2D eigenvalue weighted by Crippen LogP contribution is 2.51. The molecule has 0 unspecified atom stereocenters. The number of halogens is 1. The molecule has 1 saturated carbocycles. The first kappa shape index (κ1) is 11.1. The molecule has 1 aliphatic carbocycles. The second-order valence-electron chi connectivity index (χ2n) is 4.32. The Hall–Kier alpha value is -1.42. The second kappa shape index (κ2) is 3.87. The van der Waals surface area contributed by atoms with Crippen molar-refractivity contribution in [3.05, 3.63) is 35.1 Å². The molecule has 2 rings (SSSR count). The lowest BCUT2D eigenvalue weighted by Gasteiger charge is -2.14. The molecule has 0 radical (unpaired) electrons. The third kappa shape index (κ3) is 1.93. The van der Waals surface area contributed by atoms with Crippen LogP contribution in [-0.2, 0) is 16.8 Å². The largest absolute Gasteiger partial charge is 0.481 e. The molecule has 1 aromatic carbocycles. The molecular formula is C12H13FO3. The summed E-state index contributed by atoms with van der Waals surface area (Å²) in [5.41, 5.74) is 0.721. The van der Waals surface area contributed by atoms with Gasteiger partial charge in [-0.3, -0.25) is 4.79 Å². The van der Waals surface area contributed by atoms with Crippen LogP contribution in [0.5, 0.6) is 0 Å². The first-order valence-corrected chi connectivity index (χ1v) is 5.19. The maximum atomic E-state index is 13.2. The number of carbonyl (C=O) groups is 1. The molecule has 4 heteroatoms. The van der Waals surface area contributed by atoms with Crippen LogP contribution < -0.4 is 0 Å². The van der Waals surface area contributed by atoms with Gasteiger partial charge in [0.2, 0.25) is 0 Å². The second-order valence-corrected chi connectivity index (χ2v) is 4.32. The van der Waals surface area contributed by atoms with E-state index in [0.717, 1.165) is 18.4 Å². The zero-order chi connectivity index (χ0) is 11.8. The zero-order valence-electron chi connectivity index (χ0n) is 8.74. The number of hydrogen-bond donors (Lipinski definition) is 2. The summed E-state index contributed by atoms with van der Waals surface area (Å²) in [6.45, 7) is -0.358. The minimum absolute atomic E-state index is 0.0729. The van der Waals surface area contributed by atoms with E-state index in [9.17, 15) is 9.18 Å². The number of aliphatic hydroxyl groups is 1. The minimum atomic E-state index is -0.840. The highest BCUT2D eigenvalue weighted by atomic mass is 19.1. The number of aliphatic hydroxyl groups excluding tert-OH is 1. The quantitative estimate of drug-likeness (QED) is 0.820. The lowest BCUT2D eigenvalue weighted by Crippen LogP contribution is -2.13. The molecular weight excluding hydrogens is 211 g/mol. The average molecular weight is 224 g/mol. The Balaban J connectivity index is 2.30. The first-order chi connectivity index (χ1) is 7.57. The van der Waals surface area contributed by atoms with Gasteiger partial charge in [0.05, 0.1) is 13.0 Å². The SMILES string of the molecule is O=C(O)CC1(c2ccc(F)c(CO)c2)CC1. The summed E-state index contributed by atoms with van der Waals surface area (Å²) in [4.78, 5) is 10.7. The summed E-state index contributed by atoms with van der Waals surface area (Å²) in [6, 6.07) is 4.48. The predicted molar refractivity (Wildman–Crippen MR) is 55.5 cm³/mol. The molecule has 0 amide bonds. The van der Waals surface area contributed by atoms with Crippen molar-refractivity contribution in [3.8, 4) is 0 Å². The lowest BCUT2D eigenvalue weighted by atomic mass is 9.91. The predicted octanol–water partition coefficient (Wildman–Crippen LogP) is 1.82. The van der Waals surface area contributed by atoms with Crippen molar-refractivity contribution < 1.29 is 19.4 Å². The summed E-state index contributed by atoms with van der Waals surface area (Å²) < 4.78 is 13.2. The molecule has 0 bridgehead atoms. The molecule has 1 aromatic rings. The van der Waals surface area contributed by atoms with Gasteiger partial charge in [0.25, 0.3) is 0 Å². The third-order valence-electron chi connectivity index (χ3n) is 3.17. The van der Waals surface area contributed by atoms with Crippen LogP contribution >= 0.6 is 0 Å². The van der Waals surface area contributed by atoms with Gasteiger partial charge in [-0.25, -0.2) is 4.39 Å². The number of carboxylic acid groups (broad SMARTS) is 1. The van der Waals surface area contributed by atoms with E-state index >= 15 is 0 Å². The minimum Gasteiger partial charge on any atom is -0.481 e. The molecule has 3 nitrogen and oxygen atoms in total. The smallest absolute Gasteiger partial charge is 0.304 e. The Morgan fingerprint density at radius 2 is 2.12 bits per heavy atom. The number of benzene rings is 1. The van der Waals surface area contributed by atoms with Crippen LogP contribution in [0.2, 0.25) is 0 Å². The number of rotatable bonds is 4. The molecule has 0 spiro atoms. The van der Waals surface area contributed by atoms with E-state index in [-0.39, 0.29) is 24.0 Å². The zero-order valence-corrected chi connectivity index (χ0v) is 8.74. The molecule has 0 heterocycles. The first-order valence-electron chi connectivity index (χ1n) is 5.19. The van der Waals surface area contributed by atoms with Crippen molar-refractivity contribution in [1.29, 1.82) is 0 Å². The molecule has 0 atom stereocenters. The van der Waals surface area contributed by atoms with Gasteiger partial charge in [-0.1, -0.05) is 6.07 Å². The number of aliphatic carboxylic acids is 1. The Morgan fingerprint density at radius 1 is 1.44 bits per heavy atom. The van der Waals surface area contributed by atoms with Gasteiger partial charge >= 0.3 is 5.97 Å². The average Bonchev–Trinajstić information content (AvgIpc) is 2.98. The monoisotopic (exact) mass is 224 g/mol. The Morgan fingerprint density at radius 3 is 2.62 bits per heavy atom. The van der Waals surface area contributed by atoms with Gasteiger partial charge in [-0.15, -0.1) is 0 Å². The summed E-state index contributed by atoms with van der Waals surface area (Å²) in [5, 5.41) is 17.8. The van der Waals surface area contributed by atoms with Crippen LogP contribution in [0.15, 0.2) is 18.2 Å². The molecule has 86 valence electrons. The van der Waals surface area contributed by atoms with Crippen LogP contribution in [0.3, 0.4) is 0 Å². The van der Waals surface area contributed by atoms with Crippen LogP contribution in [-0.4, -0.2) is 16.2 Å². The van der Waals surface area contributed by atoms with Gasteiger partial charge in [0, 0.05) is 11.0 Å². The van der Waals surface area contributed by atoms with Crippen molar-refractivity contribution >= 4 is 5.97 Å². The van der Waals surface area contributed by atoms with E-state index in [2.05, 4.69) is 0 Å². The Kier molecular flexibility index (Phi) is 2.68. The van der Waals surface area contributed by atoms with Crippen molar-refractivity contribution in [2.24, 2.45) is 0 Å². The Bertz CT molecular complexity index is 424. The molecule has 0 saturated heterocycles. The summed E-state index contributed by atoms with van der Waals surface area (Å²) in [6.07, 6.45) is 1.70. The van der Waals surface area contributed by atoms with E-state index in [0.29, 0.717) is 0 Å². The standard InChI is InChI=1S/C12H13FO3/c13-10-2-1-9(5-8(10)7-14)12(3-4-12)6-11(15)16/h1-2,5,14H,3-4,6-7H2,(H,15,16). The fourth-order valence-electron chi connectivity index (χ4n) is 2.03. The molecule has 2 N–H and O–H groups in total. The lowest BCUT2D eigenvalue weighted by molar-refractivity contribution is -0.137. The topological polar surface area (TPSA) is 57.5 Å². The van der Waals surface area contributed by atoms with Crippen LogP contribution in [0.4, 0.5) is 4.39 Å². The van der Waals surface area contributed by atoms with E-state index in [4.69, 9.17) is 10.2 Å². The van der Waals surface area contributed by atoms with Gasteiger partial charge < -0.3 is 10.2 Å². The van der Waals surface area contributed by atoms with Gasteiger partial charge in [0.15, 0.2) is 0 Å². The normalized spacial score (nSPS) is 17.1. The van der Waals surface area contributed by atoms with E-state index < -0.39 is 11.8 Å². The van der Waals surface area contributed by atoms with E-state index in [1.807, 2.05) is 0 Å². The van der Waals surface area contributed by atoms with E-state index in [1.54, 1.807) is 12.1 Å². The number of carboxylic acids is 1. The van der Waals surface area contributed by atoms with Crippen molar-refractivity contribution in [2.45, 2.75) is 31.3 Å². The van der Waals surface area contributed by atoms with Gasteiger partial charge in [-0.2, -0.15) is 0 Å². The summed E-state index contributed by atoms with van der Waals surface area (Å²) in [5.74, 6) is -1.29. The van der Waals surface area contributed by atoms with Crippen LogP contribution in [0, 0.1) is 5.82 Å². The molecule has 1 aliphatic rings. The molecule has 1 fully saturated rings. The highest BCUT2D eigenvalue weighted by Gasteiger charge is 2.46. The Labute approximate surface area is 92.5 Å². The number of hydrogen-bond acceptors (Lipinski definition) is 2. The van der Waals surface area contributed by atoms with Crippen molar-refractivity contribution in [3.63, 3.8) is 0 Å². The van der Waals surface area contributed by atoms with Crippen LogP contribution in [0.1, 0.15) is 30.4 Å². The summed E-state index contributed by atoms with van der Waals surface area (Å²) >= 11 is 0. The van der Waals surface area contributed by atoms with Crippen LogP contribution in [0.25, 0.3) is 0 Å². The van der Waals surface area contributed by atoms with Crippen molar-refractivity contribution in [1.82, 2.24) is 0 Å². The van der Waals surface area contributed by atoms with E-state index in [1.165, 1.54) is 6.07 Å². The molecule has 16 heavy (non-hydrogen) atoms. The third-order valence-corrected chi connectivity index (χ3v) is 3.17. The maximum absolute atomic E-state index is 13.2. The maximum Gasteiger partial charge on any atom is 0.304 e. The summed E-state index contributed by atoms with van der Waals surface area (Å²) in [7, 11) is 0. The highest BCUT2D eigenvalue weighted by molar-refractivity contribution is 5.70. The van der Waals surface area contributed by atoms with Crippen molar-refractivity contribution in [2.75, 3.05) is 0 Å². The fourth-order valence-corrected chi connectivity index (χ4v) is 2.03. The molecule has 0 aliphatic heterocycles. The molecule has 0 aromatic heterocycles. The fraction of sp³-hybridized carbons (Fsp3) is 0.417. The van der Waals surface area contributed by atoms with Gasteiger partial charge in [0.1, 0.15) is 5.82 Å². The van der Waals surface area contributed by atoms with Gasteiger partial charge in [-0.05, 0) is 30.5 Å².